The molecule has 2 aromatic rings. The maximum Gasteiger partial charge on any atom is 0.329 e. The average molecular weight is 326 g/mol. The molecule has 1 aliphatic carbocycles. The molecule has 0 bridgehead atoms. The Bertz CT molecular complexity index is 724. The van der Waals surface area contributed by atoms with Crippen molar-refractivity contribution in [3.05, 3.63) is 59.9 Å². The van der Waals surface area contributed by atoms with Crippen molar-refractivity contribution in [1.29, 1.82) is 0 Å². The Morgan fingerprint density at radius 2 is 1.79 bits per heavy atom. The number of benzene rings is 1. The van der Waals surface area contributed by atoms with Gasteiger partial charge in [0.1, 0.15) is 17.9 Å². The molecule has 6 nitrogen and oxygen atoms in total. The molecule has 3 rings (SSSR count). The van der Waals surface area contributed by atoms with E-state index in [9.17, 15) is 14.7 Å². The summed E-state index contributed by atoms with van der Waals surface area (Å²) in [5.74, 6) is -0.711. The number of amides is 1. The minimum absolute atomic E-state index is 0.377. The van der Waals surface area contributed by atoms with Crippen molar-refractivity contribution < 1.29 is 19.4 Å². The van der Waals surface area contributed by atoms with Crippen LogP contribution in [0, 0.1) is 0 Å². The molecular formula is C18H18N2O4. The van der Waals surface area contributed by atoms with Gasteiger partial charge in [-0.1, -0.05) is 0 Å². The monoisotopic (exact) mass is 326 g/mol. The van der Waals surface area contributed by atoms with Crippen molar-refractivity contribution in [3.63, 3.8) is 0 Å². The summed E-state index contributed by atoms with van der Waals surface area (Å²) in [5, 5.41) is 11.9. The highest BCUT2D eigenvalue weighted by atomic mass is 16.5. The van der Waals surface area contributed by atoms with Crippen LogP contribution in [0.5, 0.6) is 5.75 Å². The van der Waals surface area contributed by atoms with Crippen molar-refractivity contribution in [1.82, 2.24) is 10.3 Å². The van der Waals surface area contributed by atoms with Crippen LogP contribution in [0.15, 0.2) is 48.8 Å². The second-order valence-corrected chi connectivity index (χ2v) is 5.86. The van der Waals surface area contributed by atoms with E-state index in [0.29, 0.717) is 30.8 Å². The van der Waals surface area contributed by atoms with Crippen LogP contribution < -0.4 is 10.1 Å². The number of carboxylic acids is 1. The number of carbonyl (C=O) groups excluding carboxylic acids is 1. The Morgan fingerprint density at radius 1 is 1.12 bits per heavy atom. The Hall–Kier alpha value is -2.89. The molecule has 1 aliphatic rings. The third-order valence-electron chi connectivity index (χ3n) is 4.24. The van der Waals surface area contributed by atoms with E-state index in [1.807, 2.05) is 12.1 Å². The van der Waals surface area contributed by atoms with E-state index >= 15 is 0 Å². The number of aliphatic carboxylic acids is 1. The number of hydrogen-bond donors (Lipinski definition) is 2. The second kappa shape index (κ2) is 6.70. The molecule has 0 atom stereocenters. The fourth-order valence-electron chi connectivity index (χ4n) is 2.56. The normalized spacial score (nSPS) is 15.2. The highest BCUT2D eigenvalue weighted by Gasteiger charge is 2.45. The van der Waals surface area contributed by atoms with Gasteiger partial charge in [0, 0.05) is 18.0 Å². The summed E-state index contributed by atoms with van der Waals surface area (Å²) in [4.78, 5) is 27.5. The number of rotatable bonds is 6. The molecule has 1 fully saturated rings. The first-order valence-electron chi connectivity index (χ1n) is 7.77. The molecule has 0 spiro atoms. The zero-order valence-electron chi connectivity index (χ0n) is 13.1. The Labute approximate surface area is 139 Å². The van der Waals surface area contributed by atoms with Crippen molar-refractivity contribution in [2.75, 3.05) is 0 Å². The van der Waals surface area contributed by atoms with Gasteiger partial charge in [-0.3, -0.25) is 9.78 Å². The minimum Gasteiger partial charge on any atom is -0.489 e. The molecule has 1 amide bonds. The number of aromatic nitrogens is 1. The molecule has 124 valence electrons. The van der Waals surface area contributed by atoms with Crippen LogP contribution >= 0.6 is 0 Å². The number of pyridine rings is 1. The topological polar surface area (TPSA) is 88.5 Å². The summed E-state index contributed by atoms with van der Waals surface area (Å²) in [5.41, 5.74) is 0.312. The van der Waals surface area contributed by atoms with Crippen molar-refractivity contribution in [2.24, 2.45) is 0 Å². The molecule has 1 heterocycles. The van der Waals surface area contributed by atoms with E-state index < -0.39 is 11.5 Å². The van der Waals surface area contributed by atoms with E-state index in [4.69, 9.17) is 4.74 Å². The predicted octanol–water partition coefficient (Wildman–Crippen LogP) is 2.40. The molecule has 1 aromatic carbocycles. The smallest absolute Gasteiger partial charge is 0.329 e. The van der Waals surface area contributed by atoms with Crippen molar-refractivity contribution in [3.8, 4) is 5.75 Å². The van der Waals surface area contributed by atoms with Crippen LogP contribution in [0.25, 0.3) is 0 Å². The van der Waals surface area contributed by atoms with Crippen LogP contribution in [0.1, 0.15) is 35.2 Å². The third-order valence-corrected chi connectivity index (χ3v) is 4.24. The van der Waals surface area contributed by atoms with Crippen molar-refractivity contribution in [2.45, 2.75) is 31.4 Å². The van der Waals surface area contributed by atoms with Gasteiger partial charge >= 0.3 is 5.97 Å². The molecule has 0 aliphatic heterocycles. The van der Waals surface area contributed by atoms with Crippen molar-refractivity contribution >= 4 is 11.9 Å². The highest BCUT2D eigenvalue weighted by Crippen LogP contribution is 2.32. The van der Waals surface area contributed by atoms with Gasteiger partial charge in [0.2, 0.25) is 0 Å². The molecule has 1 saturated carbocycles. The highest BCUT2D eigenvalue weighted by molar-refractivity contribution is 5.98. The first-order chi connectivity index (χ1) is 11.6. The summed E-state index contributed by atoms with van der Waals surface area (Å²) in [7, 11) is 0. The van der Waals surface area contributed by atoms with Gasteiger partial charge in [-0.25, -0.2) is 4.79 Å². The fourth-order valence-corrected chi connectivity index (χ4v) is 2.56. The van der Waals surface area contributed by atoms with Gasteiger partial charge in [-0.05, 0) is 61.2 Å². The van der Waals surface area contributed by atoms with Crippen LogP contribution in [-0.2, 0) is 11.4 Å². The van der Waals surface area contributed by atoms with E-state index in [0.717, 1.165) is 12.0 Å². The molecule has 24 heavy (non-hydrogen) atoms. The lowest BCUT2D eigenvalue weighted by Crippen LogP contribution is -2.59. The van der Waals surface area contributed by atoms with Gasteiger partial charge in [-0.15, -0.1) is 0 Å². The van der Waals surface area contributed by atoms with E-state index in [2.05, 4.69) is 10.3 Å². The lowest BCUT2D eigenvalue weighted by molar-refractivity contribution is -0.148. The zero-order valence-corrected chi connectivity index (χ0v) is 13.1. The number of ether oxygens (including phenoxy) is 1. The number of hydrogen-bond acceptors (Lipinski definition) is 4. The average Bonchev–Trinajstić information content (AvgIpc) is 2.57. The molecule has 0 saturated heterocycles. The molecule has 6 heteroatoms. The summed E-state index contributed by atoms with van der Waals surface area (Å²) in [6.07, 6.45) is 5.16. The van der Waals surface area contributed by atoms with Crippen LogP contribution in [0.3, 0.4) is 0 Å². The lowest BCUT2D eigenvalue weighted by Gasteiger charge is -2.38. The quantitative estimate of drug-likeness (QED) is 0.851. The SMILES string of the molecule is O=C(NC1(C(=O)O)CCC1)c1ccc(OCc2ccncc2)cc1. The van der Waals surface area contributed by atoms with Gasteiger partial charge in [0.25, 0.3) is 5.91 Å². The second-order valence-electron chi connectivity index (χ2n) is 5.86. The Morgan fingerprint density at radius 3 is 2.33 bits per heavy atom. The predicted molar refractivity (Wildman–Crippen MR) is 86.7 cm³/mol. The largest absolute Gasteiger partial charge is 0.489 e. The third kappa shape index (κ3) is 3.37. The first-order valence-corrected chi connectivity index (χ1v) is 7.77. The van der Waals surface area contributed by atoms with E-state index in [-0.39, 0.29) is 5.91 Å². The van der Waals surface area contributed by atoms with Gasteiger partial charge in [0.05, 0.1) is 0 Å². The fraction of sp³-hybridized carbons (Fsp3) is 0.278. The number of carbonyl (C=O) groups is 2. The maximum absolute atomic E-state index is 12.2. The van der Waals surface area contributed by atoms with E-state index in [1.54, 1.807) is 36.7 Å². The molecule has 2 N–H and O–H groups in total. The van der Waals surface area contributed by atoms with E-state index in [1.165, 1.54) is 0 Å². The molecule has 1 aromatic heterocycles. The van der Waals surface area contributed by atoms with Crippen LogP contribution in [0.4, 0.5) is 0 Å². The summed E-state index contributed by atoms with van der Waals surface area (Å²) < 4.78 is 5.64. The lowest BCUT2D eigenvalue weighted by atomic mass is 9.76. The minimum atomic E-state index is -1.10. The Balaban J connectivity index is 1.59. The number of nitrogens with one attached hydrogen (secondary N) is 1. The molecule has 0 unspecified atom stereocenters. The summed E-state index contributed by atoms with van der Waals surface area (Å²) in [6, 6.07) is 10.4. The molecule has 0 radical (unpaired) electrons. The molecular weight excluding hydrogens is 308 g/mol. The van der Waals surface area contributed by atoms with Gasteiger partial charge in [-0.2, -0.15) is 0 Å². The maximum atomic E-state index is 12.2. The van der Waals surface area contributed by atoms with Gasteiger partial charge in [0.15, 0.2) is 0 Å². The van der Waals surface area contributed by atoms with Crippen LogP contribution in [0.2, 0.25) is 0 Å². The number of carboxylic acid groups (broad SMARTS) is 1. The Kier molecular flexibility index (Phi) is 4.46. The standard InChI is InChI=1S/C18H18N2O4/c21-16(20-18(17(22)23)8-1-9-18)14-2-4-15(5-3-14)24-12-13-6-10-19-11-7-13/h2-7,10-11H,1,8-9,12H2,(H,20,21)(H,22,23). The zero-order chi connectivity index (χ0) is 17.0. The summed E-state index contributed by atoms with van der Waals surface area (Å²) >= 11 is 0. The summed E-state index contributed by atoms with van der Waals surface area (Å²) in [6.45, 7) is 0.413. The first kappa shape index (κ1) is 16.0. The number of nitrogens with zero attached hydrogens (tertiary/aromatic N) is 1. The van der Waals surface area contributed by atoms with Gasteiger partial charge < -0.3 is 15.2 Å². The van der Waals surface area contributed by atoms with Crippen LogP contribution in [-0.4, -0.2) is 27.5 Å².